The van der Waals surface area contributed by atoms with Gasteiger partial charge in [0.15, 0.2) is 5.82 Å². The third-order valence-corrected chi connectivity index (χ3v) is 4.00. The van der Waals surface area contributed by atoms with Crippen LogP contribution >= 0.6 is 0 Å². The minimum Gasteiger partial charge on any atom is -0.394 e. The predicted molar refractivity (Wildman–Crippen MR) is 80.7 cm³/mol. The Hall–Kier alpha value is -1.72. The number of aromatic nitrogens is 2. The number of nitrogens with two attached hydrogens (primary N) is 1. The number of hydrogen-bond donors (Lipinski definition) is 2. The van der Waals surface area contributed by atoms with Gasteiger partial charge in [-0.25, -0.2) is 4.68 Å². The van der Waals surface area contributed by atoms with E-state index in [0.29, 0.717) is 5.92 Å². The van der Waals surface area contributed by atoms with Gasteiger partial charge in [0, 0.05) is 33.1 Å². The van der Waals surface area contributed by atoms with Crippen LogP contribution in [0.15, 0.2) is 0 Å². The van der Waals surface area contributed by atoms with Crippen LogP contribution in [0.3, 0.4) is 0 Å². The molecule has 1 fully saturated rings. The highest BCUT2D eigenvalue weighted by Gasteiger charge is 2.24. The molecule has 0 aliphatic carbocycles. The molecule has 0 bridgehead atoms. The SMILES string of the molecule is CCn1nc(C)c(N)c1N1CCC(CNC(C)=O)CC1. The van der Waals surface area contributed by atoms with Crippen molar-refractivity contribution in [3.63, 3.8) is 0 Å². The molecule has 0 aromatic carbocycles. The standard InChI is InChI=1S/C14H25N5O/c1-4-19-14(13(15)10(2)17-19)18-7-5-12(6-8-18)9-16-11(3)20/h12H,4-9,15H2,1-3H3,(H,16,20). The smallest absolute Gasteiger partial charge is 0.216 e. The Morgan fingerprint density at radius 2 is 2.10 bits per heavy atom. The molecule has 3 N–H and O–H groups in total. The van der Waals surface area contributed by atoms with Gasteiger partial charge in [-0.1, -0.05) is 0 Å². The monoisotopic (exact) mass is 279 g/mol. The molecular weight excluding hydrogens is 254 g/mol. The summed E-state index contributed by atoms with van der Waals surface area (Å²) < 4.78 is 1.98. The number of aryl methyl sites for hydroxylation is 2. The first-order chi connectivity index (χ1) is 9.52. The van der Waals surface area contributed by atoms with Crippen LogP contribution < -0.4 is 16.0 Å². The average Bonchev–Trinajstić information content (AvgIpc) is 2.72. The molecule has 0 radical (unpaired) electrons. The maximum atomic E-state index is 11.0. The third kappa shape index (κ3) is 3.05. The summed E-state index contributed by atoms with van der Waals surface area (Å²) in [6.07, 6.45) is 2.15. The summed E-state index contributed by atoms with van der Waals surface area (Å²) in [4.78, 5) is 13.3. The lowest BCUT2D eigenvalue weighted by molar-refractivity contribution is -0.119. The van der Waals surface area contributed by atoms with Crippen LogP contribution in [0.2, 0.25) is 0 Å². The summed E-state index contributed by atoms with van der Waals surface area (Å²) in [6.45, 7) is 9.16. The minimum absolute atomic E-state index is 0.0522. The van der Waals surface area contributed by atoms with E-state index in [2.05, 4.69) is 22.2 Å². The van der Waals surface area contributed by atoms with Crippen LogP contribution in [-0.2, 0) is 11.3 Å². The van der Waals surface area contributed by atoms with Gasteiger partial charge in [-0.15, -0.1) is 0 Å². The fourth-order valence-corrected chi connectivity index (χ4v) is 2.77. The number of nitrogens with zero attached hydrogens (tertiary/aromatic N) is 3. The average molecular weight is 279 g/mol. The Balaban J connectivity index is 1.98. The van der Waals surface area contributed by atoms with Crippen LogP contribution in [0.1, 0.15) is 32.4 Å². The number of anilines is 2. The number of piperidine rings is 1. The van der Waals surface area contributed by atoms with E-state index in [1.807, 2.05) is 11.6 Å². The van der Waals surface area contributed by atoms with Crippen molar-refractivity contribution in [1.29, 1.82) is 0 Å². The van der Waals surface area contributed by atoms with Crippen molar-refractivity contribution in [2.45, 2.75) is 40.2 Å². The Bertz CT molecular complexity index is 474. The third-order valence-electron chi connectivity index (χ3n) is 4.00. The molecule has 6 nitrogen and oxygen atoms in total. The van der Waals surface area contributed by atoms with Crippen LogP contribution in [0.4, 0.5) is 11.5 Å². The number of carbonyl (C=O) groups is 1. The number of hydrogen-bond acceptors (Lipinski definition) is 4. The fourth-order valence-electron chi connectivity index (χ4n) is 2.77. The molecular formula is C14H25N5O. The van der Waals surface area contributed by atoms with Gasteiger partial charge in [0.05, 0.1) is 11.4 Å². The lowest BCUT2D eigenvalue weighted by atomic mass is 9.96. The Labute approximate surface area is 120 Å². The van der Waals surface area contributed by atoms with Crippen molar-refractivity contribution in [2.24, 2.45) is 5.92 Å². The lowest BCUT2D eigenvalue weighted by Gasteiger charge is -2.33. The van der Waals surface area contributed by atoms with Gasteiger partial charge in [-0.2, -0.15) is 5.10 Å². The maximum absolute atomic E-state index is 11.0. The van der Waals surface area contributed by atoms with E-state index < -0.39 is 0 Å². The van der Waals surface area contributed by atoms with E-state index in [4.69, 9.17) is 5.73 Å². The minimum atomic E-state index is 0.0522. The second-order valence-electron chi connectivity index (χ2n) is 5.51. The van der Waals surface area contributed by atoms with E-state index in [1.165, 1.54) is 0 Å². The first-order valence-electron chi connectivity index (χ1n) is 7.35. The summed E-state index contributed by atoms with van der Waals surface area (Å²) in [7, 11) is 0. The summed E-state index contributed by atoms with van der Waals surface area (Å²) in [6, 6.07) is 0. The zero-order valence-electron chi connectivity index (χ0n) is 12.6. The Morgan fingerprint density at radius 1 is 1.45 bits per heavy atom. The Morgan fingerprint density at radius 3 is 2.65 bits per heavy atom. The van der Waals surface area contributed by atoms with Gasteiger partial charge in [-0.3, -0.25) is 4.79 Å². The number of nitrogens with one attached hydrogen (secondary N) is 1. The number of amides is 1. The molecule has 20 heavy (non-hydrogen) atoms. The van der Waals surface area contributed by atoms with Gasteiger partial charge in [0.2, 0.25) is 5.91 Å². The number of carbonyl (C=O) groups excluding carboxylic acids is 1. The second-order valence-corrected chi connectivity index (χ2v) is 5.51. The van der Waals surface area contributed by atoms with Gasteiger partial charge in [0.1, 0.15) is 0 Å². The van der Waals surface area contributed by atoms with Gasteiger partial charge in [-0.05, 0) is 32.6 Å². The summed E-state index contributed by atoms with van der Waals surface area (Å²) in [5, 5.41) is 7.38. The maximum Gasteiger partial charge on any atom is 0.216 e. The zero-order chi connectivity index (χ0) is 14.7. The molecule has 6 heteroatoms. The molecule has 1 aliphatic rings. The number of rotatable bonds is 4. The van der Waals surface area contributed by atoms with E-state index >= 15 is 0 Å². The molecule has 0 unspecified atom stereocenters. The molecule has 2 heterocycles. The quantitative estimate of drug-likeness (QED) is 0.866. The van der Waals surface area contributed by atoms with Crippen LogP contribution in [0.5, 0.6) is 0 Å². The van der Waals surface area contributed by atoms with Crippen molar-refractivity contribution in [1.82, 2.24) is 15.1 Å². The largest absolute Gasteiger partial charge is 0.394 e. The molecule has 2 rings (SSSR count). The summed E-state index contributed by atoms with van der Waals surface area (Å²) >= 11 is 0. The van der Waals surface area contributed by atoms with Gasteiger partial charge in [0.25, 0.3) is 0 Å². The van der Waals surface area contributed by atoms with E-state index in [1.54, 1.807) is 6.92 Å². The first-order valence-corrected chi connectivity index (χ1v) is 7.35. The summed E-state index contributed by atoms with van der Waals surface area (Å²) in [5.41, 5.74) is 7.86. The molecule has 1 saturated heterocycles. The molecule has 1 aromatic heterocycles. The van der Waals surface area contributed by atoms with Crippen molar-refractivity contribution < 1.29 is 4.79 Å². The van der Waals surface area contributed by atoms with Crippen molar-refractivity contribution in [2.75, 3.05) is 30.3 Å². The molecule has 0 spiro atoms. The van der Waals surface area contributed by atoms with Crippen molar-refractivity contribution in [3.05, 3.63) is 5.69 Å². The second kappa shape index (κ2) is 6.15. The van der Waals surface area contributed by atoms with E-state index in [9.17, 15) is 4.79 Å². The van der Waals surface area contributed by atoms with E-state index in [0.717, 1.165) is 56.2 Å². The van der Waals surface area contributed by atoms with Crippen molar-refractivity contribution in [3.8, 4) is 0 Å². The van der Waals surface area contributed by atoms with Crippen LogP contribution in [-0.4, -0.2) is 35.3 Å². The normalized spacial score (nSPS) is 16.4. The van der Waals surface area contributed by atoms with Gasteiger partial charge < -0.3 is 16.0 Å². The summed E-state index contributed by atoms with van der Waals surface area (Å²) in [5.74, 6) is 1.68. The molecule has 0 saturated carbocycles. The van der Waals surface area contributed by atoms with Crippen molar-refractivity contribution >= 4 is 17.4 Å². The van der Waals surface area contributed by atoms with Crippen LogP contribution in [0.25, 0.3) is 0 Å². The van der Waals surface area contributed by atoms with Crippen LogP contribution in [0, 0.1) is 12.8 Å². The van der Waals surface area contributed by atoms with Gasteiger partial charge >= 0.3 is 0 Å². The molecule has 112 valence electrons. The predicted octanol–water partition coefficient (Wildman–Crippen LogP) is 1.15. The highest BCUT2D eigenvalue weighted by molar-refractivity contribution is 5.72. The lowest BCUT2D eigenvalue weighted by Crippen LogP contribution is -2.39. The molecule has 1 amide bonds. The molecule has 0 atom stereocenters. The zero-order valence-corrected chi connectivity index (χ0v) is 12.6. The number of nitrogen functional groups attached to an aromatic ring is 1. The highest BCUT2D eigenvalue weighted by Crippen LogP contribution is 2.30. The molecule has 1 aliphatic heterocycles. The first kappa shape index (κ1) is 14.7. The topological polar surface area (TPSA) is 76.2 Å². The Kier molecular flexibility index (Phi) is 4.52. The fraction of sp³-hybridized carbons (Fsp3) is 0.714. The molecule has 1 aromatic rings. The highest BCUT2D eigenvalue weighted by atomic mass is 16.1. The van der Waals surface area contributed by atoms with E-state index in [-0.39, 0.29) is 5.91 Å².